The van der Waals surface area contributed by atoms with E-state index in [9.17, 15) is 13.2 Å². The van der Waals surface area contributed by atoms with Crippen molar-refractivity contribution < 1.29 is 13.2 Å². The summed E-state index contributed by atoms with van der Waals surface area (Å²) in [7, 11) is 0. The van der Waals surface area contributed by atoms with Gasteiger partial charge in [-0.2, -0.15) is 13.2 Å². The molecule has 0 aliphatic heterocycles. The average molecular weight is 428 g/mol. The quantitative estimate of drug-likeness (QED) is 0.463. The van der Waals surface area contributed by atoms with E-state index in [2.05, 4.69) is 20.6 Å². The number of nitrogens with two attached hydrogens (primary N) is 1. The van der Waals surface area contributed by atoms with Crippen molar-refractivity contribution in [3.8, 4) is 0 Å². The zero-order valence-corrected chi connectivity index (χ0v) is 15.9. The Hall–Kier alpha value is -2.71. The van der Waals surface area contributed by atoms with Crippen LogP contribution in [0.25, 0.3) is 0 Å². The lowest BCUT2D eigenvalue weighted by molar-refractivity contribution is -0.137. The molecule has 0 spiro atoms. The summed E-state index contributed by atoms with van der Waals surface area (Å²) < 4.78 is 38.8. The molecule has 5 nitrogen and oxygen atoms in total. The highest BCUT2D eigenvalue weighted by atomic mass is 35.5. The van der Waals surface area contributed by atoms with E-state index in [1.54, 1.807) is 12.1 Å². The number of aromatic nitrogens is 2. The zero-order chi connectivity index (χ0) is 20.5. The minimum atomic E-state index is -4.50. The van der Waals surface area contributed by atoms with Gasteiger partial charge in [0.15, 0.2) is 11.6 Å². The van der Waals surface area contributed by atoms with E-state index in [-0.39, 0.29) is 28.0 Å². The summed E-state index contributed by atoms with van der Waals surface area (Å²) >= 11 is 12.1. The molecule has 0 aliphatic rings. The molecule has 3 aromatic rings. The molecule has 0 radical (unpaired) electrons. The number of rotatable bonds is 4. The number of alkyl halides is 3. The van der Waals surface area contributed by atoms with E-state index in [0.29, 0.717) is 10.7 Å². The second kappa shape index (κ2) is 7.73. The SMILES string of the molecule is Cc1ccc(Nc2ncnc(Nc3cc(C(F)(F)F)ccc3Cl)c2N)cc1Cl. The van der Waals surface area contributed by atoms with Crippen LogP contribution in [0.5, 0.6) is 0 Å². The average Bonchev–Trinajstić information content (AvgIpc) is 2.62. The molecule has 0 aliphatic carbocycles. The van der Waals surface area contributed by atoms with Gasteiger partial charge in [-0.3, -0.25) is 0 Å². The van der Waals surface area contributed by atoms with E-state index in [4.69, 9.17) is 28.9 Å². The van der Waals surface area contributed by atoms with Gasteiger partial charge < -0.3 is 16.4 Å². The zero-order valence-electron chi connectivity index (χ0n) is 14.4. The van der Waals surface area contributed by atoms with Crippen LogP contribution >= 0.6 is 23.2 Å². The van der Waals surface area contributed by atoms with Gasteiger partial charge in [0.2, 0.25) is 0 Å². The number of nitrogens with one attached hydrogen (secondary N) is 2. The molecule has 0 amide bonds. The Labute approximate surface area is 168 Å². The summed E-state index contributed by atoms with van der Waals surface area (Å²) in [4.78, 5) is 8.05. The van der Waals surface area contributed by atoms with Crippen LogP contribution in [0.15, 0.2) is 42.7 Å². The Bertz CT molecular complexity index is 1020. The van der Waals surface area contributed by atoms with Gasteiger partial charge in [-0.05, 0) is 42.8 Å². The monoisotopic (exact) mass is 427 g/mol. The number of hydrogen-bond donors (Lipinski definition) is 3. The summed E-state index contributed by atoms with van der Waals surface area (Å²) in [6.07, 6.45) is -3.28. The Morgan fingerprint density at radius 2 is 1.61 bits per heavy atom. The third kappa shape index (κ3) is 4.40. The molecule has 0 fully saturated rings. The number of halogens is 5. The van der Waals surface area contributed by atoms with Gasteiger partial charge in [0.05, 0.1) is 16.3 Å². The number of benzene rings is 2. The fourth-order valence-electron chi connectivity index (χ4n) is 2.33. The van der Waals surface area contributed by atoms with Gasteiger partial charge in [0.25, 0.3) is 0 Å². The smallest absolute Gasteiger partial charge is 0.393 e. The Morgan fingerprint density at radius 3 is 2.25 bits per heavy atom. The summed E-state index contributed by atoms with van der Waals surface area (Å²) in [5.41, 5.74) is 6.90. The van der Waals surface area contributed by atoms with E-state index in [1.165, 1.54) is 6.33 Å². The maximum atomic E-state index is 12.9. The molecule has 28 heavy (non-hydrogen) atoms. The molecule has 10 heteroatoms. The molecule has 1 aromatic heterocycles. The molecule has 0 bridgehead atoms. The Kier molecular flexibility index (Phi) is 5.53. The Balaban J connectivity index is 1.90. The summed E-state index contributed by atoms with van der Waals surface area (Å²) in [5, 5.41) is 6.38. The second-order valence-corrected chi connectivity index (χ2v) is 6.71. The lowest BCUT2D eigenvalue weighted by Gasteiger charge is -2.15. The predicted molar refractivity (Wildman–Crippen MR) is 106 cm³/mol. The lowest BCUT2D eigenvalue weighted by atomic mass is 10.2. The number of nitrogen functional groups attached to an aromatic ring is 1. The normalized spacial score (nSPS) is 11.4. The number of anilines is 5. The first-order valence-electron chi connectivity index (χ1n) is 7.92. The van der Waals surface area contributed by atoms with Crippen molar-refractivity contribution in [1.29, 1.82) is 0 Å². The molecule has 0 saturated heterocycles. The van der Waals surface area contributed by atoms with Crippen LogP contribution in [0.2, 0.25) is 10.0 Å². The predicted octanol–water partition coefficient (Wildman–Crippen LogP) is 6.18. The minimum Gasteiger partial charge on any atom is -0.393 e. The maximum Gasteiger partial charge on any atom is 0.416 e. The fraction of sp³-hybridized carbons (Fsp3) is 0.111. The number of aryl methyl sites for hydroxylation is 1. The number of nitrogens with zero attached hydrogens (tertiary/aromatic N) is 2. The van der Waals surface area contributed by atoms with Crippen LogP contribution in [0, 0.1) is 6.92 Å². The van der Waals surface area contributed by atoms with E-state index < -0.39 is 11.7 Å². The highest BCUT2D eigenvalue weighted by molar-refractivity contribution is 6.33. The summed E-state index contributed by atoms with van der Waals surface area (Å²) in [6.45, 7) is 1.87. The van der Waals surface area contributed by atoms with Gasteiger partial charge in [0, 0.05) is 10.7 Å². The summed E-state index contributed by atoms with van der Waals surface area (Å²) in [5.74, 6) is 0.373. The molecular weight excluding hydrogens is 414 g/mol. The van der Waals surface area contributed by atoms with Crippen LogP contribution in [-0.2, 0) is 6.18 Å². The maximum absolute atomic E-state index is 12.9. The van der Waals surface area contributed by atoms with Crippen LogP contribution < -0.4 is 16.4 Å². The Morgan fingerprint density at radius 1 is 0.929 bits per heavy atom. The van der Waals surface area contributed by atoms with Crippen LogP contribution in [0.1, 0.15) is 11.1 Å². The first kappa shape index (κ1) is 20.0. The van der Waals surface area contributed by atoms with Crippen molar-refractivity contribution >= 4 is 51.9 Å². The van der Waals surface area contributed by atoms with Crippen molar-refractivity contribution in [2.24, 2.45) is 0 Å². The number of hydrogen-bond acceptors (Lipinski definition) is 5. The molecule has 146 valence electrons. The van der Waals surface area contributed by atoms with Crippen LogP contribution in [0.3, 0.4) is 0 Å². The van der Waals surface area contributed by atoms with Crippen LogP contribution in [0.4, 0.5) is 41.9 Å². The van der Waals surface area contributed by atoms with E-state index >= 15 is 0 Å². The first-order valence-corrected chi connectivity index (χ1v) is 8.68. The van der Waals surface area contributed by atoms with Gasteiger partial charge in [-0.25, -0.2) is 9.97 Å². The standard InChI is InChI=1S/C18H14Cl2F3N5/c1-9-2-4-11(7-13(9)20)27-16-15(24)17(26-8-25-16)28-14-6-10(18(21,22)23)3-5-12(14)19/h2-8H,24H2,1H3,(H2,25,26,27,28). The van der Waals surface area contributed by atoms with Crippen LogP contribution in [-0.4, -0.2) is 9.97 Å². The molecule has 1 heterocycles. The largest absolute Gasteiger partial charge is 0.416 e. The topological polar surface area (TPSA) is 75.9 Å². The van der Waals surface area contributed by atoms with Crippen molar-refractivity contribution in [2.75, 3.05) is 16.4 Å². The van der Waals surface area contributed by atoms with Crippen molar-refractivity contribution in [3.05, 3.63) is 63.9 Å². The van der Waals surface area contributed by atoms with E-state index in [1.807, 2.05) is 13.0 Å². The lowest BCUT2D eigenvalue weighted by Crippen LogP contribution is -2.08. The highest BCUT2D eigenvalue weighted by Crippen LogP contribution is 2.36. The van der Waals surface area contributed by atoms with Gasteiger partial charge in [-0.15, -0.1) is 0 Å². The molecule has 0 atom stereocenters. The van der Waals surface area contributed by atoms with Gasteiger partial charge >= 0.3 is 6.18 Å². The molecule has 4 N–H and O–H groups in total. The molecule has 0 saturated carbocycles. The van der Waals surface area contributed by atoms with Crippen molar-refractivity contribution in [2.45, 2.75) is 13.1 Å². The molecule has 3 rings (SSSR count). The highest BCUT2D eigenvalue weighted by Gasteiger charge is 2.31. The second-order valence-electron chi connectivity index (χ2n) is 5.89. The third-order valence-electron chi connectivity index (χ3n) is 3.87. The molecule has 0 unspecified atom stereocenters. The third-order valence-corrected chi connectivity index (χ3v) is 4.60. The molecular formula is C18H14Cl2F3N5. The molecule has 2 aromatic carbocycles. The van der Waals surface area contributed by atoms with Gasteiger partial charge in [0.1, 0.15) is 12.0 Å². The van der Waals surface area contributed by atoms with Gasteiger partial charge in [-0.1, -0.05) is 29.3 Å². The van der Waals surface area contributed by atoms with Crippen molar-refractivity contribution in [1.82, 2.24) is 9.97 Å². The van der Waals surface area contributed by atoms with E-state index in [0.717, 1.165) is 23.8 Å². The summed E-state index contributed by atoms with van der Waals surface area (Å²) in [6, 6.07) is 8.25. The first-order chi connectivity index (χ1) is 13.1. The van der Waals surface area contributed by atoms with Crippen molar-refractivity contribution in [3.63, 3.8) is 0 Å². The fourth-order valence-corrected chi connectivity index (χ4v) is 2.67. The minimum absolute atomic E-state index is 0.0197.